The maximum absolute atomic E-state index is 13.5. The number of nitrogens with zero attached hydrogens (tertiary/aromatic N) is 3. The van der Waals surface area contributed by atoms with Gasteiger partial charge in [-0.15, -0.1) is 0 Å². The lowest BCUT2D eigenvalue weighted by Gasteiger charge is -2.60. The van der Waals surface area contributed by atoms with Crippen LogP contribution >= 0.6 is 0 Å². The van der Waals surface area contributed by atoms with E-state index in [2.05, 4.69) is 65.9 Å². The third-order valence-electron chi connectivity index (χ3n) is 12.4. The molecule has 0 radical (unpaired) electrons. The summed E-state index contributed by atoms with van der Waals surface area (Å²) in [5.74, 6) is 3.45. The van der Waals surface area contributed by atoms with E-state index in [1.807, 2.05) is 0 Å². The Morgan fingerprint density at radius 1 is 1.00 bits per heavy atom. The van der Waals surface area contributed by atoms with Gasteiger partial charge in [0.1, 0.15) is 17.5 Å². The number of nitriles is 1. The molecule has 11 heteroatoms. The standard InChI is InChI=1S/C37H53F3N6OSi/c1-35(2,3)48(4,5)47-30-12-10-24(11-13-30)20-42-32-27-14-25-15-28(32)18-36(16-25,17-27)23-45-33-29(19-41)22-44-34(46-33)43-21-26-8-6-7-9-31(26)37(38,39)40/h6-9,22,24-25,27-28,30,32,42H,10-18,20-21,23H2,1-5H3,(H2,43,44,45,46)/t24-,25?,27-,28+,30-,32-,36-. The van der Waals surface area contributed by atoms with Crippen LogP contribution in [0.5, 0.6) is 0 Å². The summed E-state index contributed by atoms with van der Waals surface area (Å²) in [7, 11) is -1.73. The van der Waals surface area contributed by atoms with Gasteiger partial charge in [-0.25, -0.2) is 4.98 Å². The average Bonchev–Trinajstić information content (AvgIpc) is 3.02. The molecule has 1 aromatic carbocycles. The second kappa shape index (κ2) is 13.6. The van der Waals surface area contributed by atoms with Crippen molar-refractivity contribution in [1.82, 2.24) is 15.3 Å². The Balaban J connectivity index is 1.02. The highest BCUT2D eigenvalue weighted by molar-refractivity contribution is 6.74. The van der Waals surface area contributed by atoms with Gasteiger partial charge in [0.2, 0.25) is 5.95 Å². The van der Waals surface area contributed by atoms with Gasteiger partial charge in [0.15, 0.2) is 8.32 Å². The van der Waals surface area contributed by atoms with Gasteiger partial charge < -0.3 is 20.4 Å². The number of benzene rings is 1. The number of nitrogens with one attached hydrogen (secondary N) is 3. The molecule has 48 heavy (non-hydrogen) atoms. The molecular weight excluding hydrogens is 630 g/mol. The predicted octanol–water partition coefficient (Wildman–Crippen LogP) is 8.76. The fourth-order valence-corrected chi connectivity index (χ4v) is 10.6. The largest absolute Gasteiger partial charge is 0.416 e. The van der Waals surface area contributed by atoms with Crippen molar-refractivity contribution in [1.29, 1.82) is 5.26 Å². The molecule has 1 unspecified atom stereocenters. The normalized spacial score (nSPS) is 30.2. The van der Waals surface area contributed by atoms with Gasteiger partial charge in [-0.3, -0.25) is 0 Å². The Hall–Kier alpha value is -2.68. The third kappa shape index (κ3) is 7.71. The summed E-state index contributed by atoms with van der Waals surface area (Å²) in [5.41, 5.74) is -0.0549. The SMILES string of the molecule is CC(C)(C)[Si](C)(C)O[C@H]1CC[C@H](CN[C@@H]2[C@@H]3CC4C[C@H]2C[C@@](CNc2nc(NCc5ccccc5C(F)(F)F)ncc2C#N)(C4)C3)CC1. The van der Waals surface area contributed by atoms with Crippen LogP contribution in [-0.2, 0) is 17.1 Å². The van der Waals surface area contributed by atoms with Gasteiger partial charge in [0.25, 0.3) is 0 Å². The van der Waals surface area contributed by atoms with Crippen LogP contribution in [0.2, 0.25) is 18.1 Å². The molecule has 7 nitrogen and oxygen atoms in total. The fourth-order valence-electron chi connectivity index (χ4n) is 9.17. The van der Waals surface area contributed by atoms with E-state index in [-0.39, 0.29) is 28.5 Å². The lowest BCUT2D eigenvalue weighted by molar-refractivity contribution is -0.138. The fraction of sp³-hybridized carbons (Fsp3) is 0.703. The first-order chi connectivity index (χ1) is 22.6. The maximum atomic E-state index is 13.5. The molecule has 0 saturated heterocycles. The zero-order valence-corrected chi connectivity index (χ0v) is 30.2. The third-order valence-corrected chi connectivity index (χ3v) is 16.9. The highest BCUT2D eigenvalue weighted by atomic mass is 28.4. The molecule has 5 aliphatic rings. The smallest absolute Gasteiger partial charge is 0.414 e. The molecule has 3 N–H and O–H groups in total. The zero-order valence-electron chi connectivity index (χ0n) is 29.2. The van der Waals surface area contributed by atoms with Gasteiger partial charge in [-0.2, -0.15) is 23.4 Å². The van der Waals surface area contributed by atoms with E-state index in [0.717, 1.165) is 31.0 Å². The second-order valence-electron chi connectivity index (χ2n) is 16.9. The van der Waals surface area contributed by atoms with Gasteiger partial charge in [0.05, 0.1) is 11.8 Å². The molecule has 0 spiro atoms. The Morgan fingerprint density at radius 2 is 1.69 bits per heavy atom. The number of rotatable bonds is 11. The highest BCUT2D eigenvalue weighted by Gasteiger charge is 2.55. The molecule has 5 aliphatic carbocycles. The monoisotopic (exact) mass is 682 g/mol. The Bertz CT molecular complexity index is 1460. The first kappa shape index (κ1) is 35.2. The van der Waals surface area contributed by atoms with Gasteiger partial charge in [0, 0.05) is 25.2 Å². The van der Waals surface area contributed by atoms with Crippen molar-refractivity contribution < 1.29 is 17.6 Å². The van der Waals surface area contributed by atoms with Gasteiger partial charge in [-0.1, -0.05) is 39.0 Å². The summed E-state index contributed by atoms with van der Waals surface area (Å²) < 4.78 is 47.2. The lowest BCUT2D eigenvalue weighted by Crippen LogP contribution is -2.60. The quantitative estimate of drug-likeness (QED) is 0.204. The predicted molar refractivity (Wildman–Crippen MR) is 186 cm³/mol. The minimum atomic E-state index is -4.44. The van der Waals surface area contributed by atoms with Crippen LogP contribution in [-0.4, -0.2) is 43.5 Å². The summed E-state index contributed by atoms with van der Waals surface area (Å²) in [4.78, 5) is 8.75. The molecular formula is C37H53F3N6OSi. The van der Waals surface area contributed by atoms with Crippen LogP contribution < -0.4 is 16.0 Å². The molecule has 5 saturated carbocycles. The molecule has 4 bridgehead atoms. The Morgan fingerprint density at radius 3 is 2.33 bits per heavy atom. The minimum Gasteiger partial charge on any atom is -0.414 e. The van der Waals surface area contributed by atoms with E-state index in [1.54, 1.807) is 6.07 Å². The molecule has 0 amide bonds. The van der Waals surface area contributed by atoms with Crippen molar-refractivity contribution in [2.75, 3.05) is 23.7 Å². The van der Waals surface area contributed by atoms with Crippen LogP contribution in [0.4, 0.5) is 24.9 Å². The lowest BCUT2D eigenvalue weighted by atomic mass is 9.48. The Labute approximate surface area is 285 Å². The summed E-state index contributed by atoms with van der Waals surface area (Å²) in [6.45, 7) is 13.5. The molecule has 0 aliphatic heterocycles. The molecule has 5 atom stereocenters. The van der Waals surface area contributed by atoms with E-state index in [9.17, 15) is 18.4 Å². The van der Waals surface area contributed by atoms with Gasteiger partial charge in [-0.05, 0) is 123 Å². The van der Waals surface area contributed by atoms with Crippen LogP contribution in [0.25, 0.3) is 0 Å². The number of anilines is 2. The van der Waals surface area contributed by atoms with Crippen LogP contribution in [0.15, 0.2) is 30.5 Å². The number of aromatic nitrogens is 2. The topological polar surface area (TPSA) is 94.9 Å². The summed E-state index contributed by atoms with van der Waals surface area (Å²) >= 11 is 0. The first-order valence-corrected chi connectivity index (χ1v) is 20.9. The molecule has 1 heterocycles. The van der Waals surface area contributed by atoms with E-state index in [1.165, 1.54) is 76.1 Å². The van der Waals surface area contributed by atoms with E-state index >= 15 is 0 Å². The summed E-state index contributed by atoms with van der Waals surface area (Å²) in [5, 5.41) is 20.5. The van der Waals surface area contributed by atoms with Crippen molar-refractivity contribution in [2.45, 2.75) is 122 Å². The molecule has 7 rings (SSSR count). The minimum absolute atomic E-state index is 0.0729. The summed E-state index contributed by atoms with van der Waals surface area (Å²) in [6, 6.07) is 8.25. The van der Waals surface area contributed by atoms with Crippen LogP contribution in [0, 0.1) is 40.4 Å². The zero-order chi connectivity index (χ0) is 34.3. The maximum Gasteiger partial charge on any atom is 0.416 e. The van der Waals surface area contributed by atoms with E-state index < -0.39 is 20.1 Å². The molecule has 2 aromatic rings. The van der Waals surface area contributed by atoms with Crippen molar-refractivity contribution >= 4 is 20.1 Å². The van der Waals surface area contributed by atoms with Crippen LogP contribution in [0.1, 0.15) is 95.2 Å². The summed E-state index contributed by atoms with van der Waals surface area (Å²) in [6.07, 6.45) is 8.41. The average molecular weight is 683 g/mol. The van der Waals surface area contributed by atoms with Crippen LogP contribution in [0.3, 0.4) is 0 Å². The van der Waals surface area contributed by atoms with E-state index in [0.29, 0.717) is 35.4 Å². The number of hydrogen-bond acceptors (Lipinski definition) is 7. The molecule has 1 aromatic heterocycles. The van der Waals surface area contributed by atoms with E-state index in [4.69, 9.17) is 4.43 Å². The number of alkyl halides is 3. The van der Waals surface area contributed by atoms with Crippen molar-refractivity contribution in [3.05, 3.63) is 47.2 Å². The van der Waals surface area contributed by atoms with Gasteiger partial charge >= 0.3 is 6.18 Å². The van der Waals surface area contributed by atoms with Crippen molar-refractivity contribution in [3.8, 4) is 6.07 Å². The molecule has 262 valence electrons. The van der Waals surface area contributed by atoms with Crippen molar-refractivity contribution in [3.63, 3.8) is 0 Å². The molecule has 5 fully saturated rings. The first-order valence-electron chi connectivity index (χ1n) is 18.0. The number of hydrogen-bond donors (Lipinski definition) is 3. The Kier molecular flexibility index (Phi) is 9.93. The van der Waals surface area contributed by atoms with Crippen molar-refractivity contribution in [2.24, 2.45) is 29.1 Å². The highest BCUT2D eigenvalue weighted by Crippen LogP contribution is 2.60. The second-order valence-corrected chi connectivity index (χ2v) is 21.6. The number of halogens is 3.